The van der Waals surface area contributed by atoms with Gasteiger partial charge in [-0.1, -0.05) is 41.9 Å². The molecule has 0 aromatic heterocycles. The molecule has 3 aromatic carbocycles. The Kier molecular flexibility index (Phi) is 5.97. The number of amidine groups is 1. The van der Waals surface area contributed by atoms with Crippen molar-refractivity contribution < 1.29 is 14.3 Å². The Bertz CT molecular complexity index is 1140. The van der Waals surface area contributed by atoms with Gasteiger partial charge in [-0.25, -0.2) is 9.79 Å². The number of nitrogens with one attached hydrogen (secondary N) is 1. The SMILES string of the molecule is O=C1NC(=Nc2ccccc2)S/C1=C\c1ccc(OC(=O)c2ccc(Cl)cc2)cc1. The minimum Gasteiger partial charge on any atom is -0.423 e. The van der Waals surface area contributed by atoms with Crippen molar-refractivity contribution >= 4 is 52.2 Å². The van der Waals surface area contributed by atoms with Crippen LogP contribution in [0.4, 0.5) is 5.69 Å². The normalized spacial score (nSPS) is 16.0. The second-order valence-electron chi connectivity index (χ2n) is 6.28. The zero-order valence-electron chi connectivity index (χ0n) is 15.5. The highest BCUT2D eigenvalue weighted by atomic mass is 35.5. The molecule has 0 aliphatic carbocycles. The molecule has 7 heteroatoms. The highest BCUT2D eigenvalue weighted by Crippen LogP contribution is 2.28. The number of nitrogens with zero attached hydrogens (tertiary/aromatic N) is 1. The monoisotopic (exact) mass is 434 g/mol. The first-order chi connectivity index (χ1) is 14.6. The smallest absolute Gasteiger partial charge is 0.343 e. The van der Waals surface area contributed by atoms with E-state index in [1.165, 1.54) is 11.8 Å². The summed E-state index contributed by atoms with van der Waals surface area (Å²) in [6, 6.07) is 22.8. The predicted octanol–water partition coefficient (Wildman–Crippen LogP) is 5.45. The molecule has 0 spiro atoms. The molecule has 0 radical (unpaired) electrons. The third-order valence-electron chi connectivity index (χ3n) is 4.11. The molecule has 1 N–H and O–H groups in total. The van der Waals surface area contributed by atoms with Crippen LogP contribution in [0.25, 0.3) is 6.08 Å². The van der Waals surface area contributed by atoms with Crippen molar-refractivity contribution in [2.24, 2.45) is 4.99 Å². The maximum atomic E-state index is 12.2. The fourth-order valence-electron chi connectivity index (χ4n) is 2.64. The minimum atomic E-state index is -0.467. The maximum absolute atomic E-state index is 12.2. The fourth-order valence-corrected chi connectivity index (χ4v) is 3.60. The predicted molar refractivity (Wildman–Crippen MR) is 120 cm³/mol. The number of ether oxygens (including phenoxy) is 1. The van der Waals surface area contributed by atoms with Gasteiger partial charge in [0.15, 0.2) is 5.17 Å². The van der Waals surface area contributed by atoms with Gasteiger partial charge in [0.25, 0.3) is 5.91 Å². The second kappa shape index (κ2) is 8.98. The lowest BCUT2D eigenvalue weighted by molar-refractivity contribution is -0.115. The molecule has 1 fully saturated rings. The number of aliphatic imine (C=N–C) groups is 1. The van der Waals surface area contributed by atoms with Crippen LogP contribution in [0.5, 0.6) is 5.75 Å². The van der Waals surface area contributed by atoms with Crippen LogP contribution in [-0.4, -0.2) is 17.0 Å². The van der Waals surface area contributed by atoms with E-state index in [-0.39, 0.29) is 5.91 Å². The molecule has 1 saturated heterocycles. The van der Waals surface area contributed by atoms with E-state index >= 15 is 0 Å². The number of thioether (sulfide) groups is 1. The zero-order chi connectivity index (χ0) is 20.9. The van der Waals surface area contributed by atoms with Crippen LogP contribution >= 0.6 is 23.4 Å². The molecule has 1 aliphatic rings. The van der Waals surface area contributed by atoms with Crippen molar-refractivity contribution in [3.63, 3.8) is 0 Å². The number of hydrogen-bond acceptors (Lipinski definition) is 5. The van der Waals surface area contributed by atoms with Crippen LogP contribution in [0.2, 0.25) is 5.02 Å². The van der Waals surface area contributed by atoms with Crippen LogP contribution < -0.4 is 10.1 Å². The number of esters is 1. The first-order valence-electron chi connectivity index (χ1n) is 8.99. The molecule has 1 heterocycles. The van der Waals surface area contributed by atoms with E-state index in [4.69, 9.17) is 16.3 Å². The Morgan fingerprint density at radius 2 is 1.67 bits per heavy atom. The zero-order valence-corrected chi connectivity index (χ0v) is 17.1. The highest BCUT2D eigenvalue weighted by molar-refractivity contribution is 8.18. The first kappa shape index (κ1) is 19.9. The van der Waals surface area contributed by atoms with Gasteiger partial charge in [0.05, 0.1) is 16.2 Å². The summed E-state index contributed by atoms with van der Waals surface area (Å²) in [5, 5.41) is 3.84. The van der Waals surface area contributed by atoms with Crippen molar-refractivity contribution in [3.05, 3.63) is 99.9 Å². The van der Waals surface area contributed by atoms with Crippen LogP contribution in [0.1, 0.15) is 15.9 Å². The van der Waals surface area contributed by atoms with E-state index in [2.05, 4.69) is 10.3 Å². The number of hydrogen-bond donors (Lipinski definition) is 1. The van der Waals surface area contributed by atoms with Crippen molar-refractivity contribution in [2.45, 2.75) is 0 Å². The molecule has 0 saturated carbocycles. The van der Waals surface area contributed by atoms with Crippen molar-refractivity contribution in [2.75, 3.05) is 0 Å². The van der Waals surface area contributed by atoms with Gasteiger partial charge in [-0.3, -0.25) is 4.79 Å². The molecule has 30 heavy (non-hydrogen) atoms. The fraction of sp³-hybridized carbons (Fsp3) is 0. The standard InChI is InChI=1S/C23H15ClN2O3S/c24-17-10-8-16(9-11-17)22(28)29-19-12-6-15(7-13-19)14-20-21(27)26-23(30-20)25-18-4-2-1-3-5-18/h1-14H,(H,25,26,27)/b20-14-. The third-order valence-corrected chi connectivity index (χ3v) is 5.27. The largest absolute Gasteiger partial charge is 0.423 e. The van der Waals surface area contributed by atoms with Gasteiger partial charge in [0.1, 0.15) is 5.75 Å². The summed E-state index contributed by atoms with van der Waals surface area (Å²) in [4.78, 5) is 29.3. The summed E-state index contributed by atoms with van der Waals surface area (Å²) in [7, 11) is 0. The van der Waals surface area contributed by atoms with Gasteiger partial charge >= 0.3 is 5.97 Å². The average Bonchev–Trinajstić information content (AvgIpc) is 3.09. The van der Waals surface area contributed by atoms with Gasteiger partial charge in [-0.2, -0.15) is 0 Å². The summed E-state index contributed by atoms with van der Waals surface area (Å²) < 4.78 is 5.36. The van der Waals surface area contributed by atoms with E-state index in [9.17, 15) is 9.59 Å². The molecule has 4 rings (SSSR count). The molecule has 3 aromatic rings. The maximum Gasteiger partial charge on any atom is 0.343 e. The number of amides is 1. The van der Waals surface area contributed by atoms with E-state index in [0.717, 1.165) is 11.3 Å². The lowest BCUT2D eigenvalue weighted by Crippen LogP contribution is -2.19. The first-order valence-corrected chi connectivity index (χ1v) is 10.2. The Labute approximate surface area is 182 Å². The number of rotatable bonds is 4. The molecule has 148 valence electrons. The topological polar surface area (TPSA) is 67.8 Å². The van der Waals surface area contributed by atoms with Crippen LogP contribution in [0, 0.1) is 0 Å². The Morgan fingerprint density at radius 1 is 0.967 bits per heavy atom. The molecular formula is C23H15ClN2O3S. The van der Waals surface area contributed by atoms with Crippen LogP contribution in [-0.2, 0) is 4.79 Å². The van der Waals surface area contributed by atoms with E-state index in [1.54, 1.807) is 54.6 Å². The van der Waals surface area contributed by atoms with Crippen LogP contribution in [0.15, 0.2) is 88.8 Å². The molecule has 0 atom stereocenters. The lowest BCUT2D eigenvalue weighted by Gasteiger charge is -2.05. The molecular weight excluding hydrogens is 420 g/mol. The molecule has 1 aliphatic heterocycles. The number of halogens is 1. The van der Waals surface area contributed by atoms with Gasteiger partial charge in [0.2, 0.25) is 0 Å². The molecule has 0 unspecified atom stereocenters. The van der Waals surface area contributed by atoms with Crippen LogP contribution in [0.3, 0.4) is 0 Å². The van der Waals surface area contributed by atoms with E-state index < -0.39 is 5.97 Å². The minimum absolute atomic E-state index is 0.201. The Balaban J connectivity index is 1.43. The summed E-state index contributed by atoms with van der Waals surface area (Å²) in [5.41, 5.74) is 1.99. The number of para-hydroxylation sites is 1. The number of benzene rings is 3. The Hall–Kier alpha value is -3.35. The molecule has 5 nitrogen and oxygen atoms in total. The van der Waals surface area contributed by atoms with Crippen molar-refractivity contribution in [1.29, 1.82) is 0 Å². The highest BCUT2D eigenvalue weighted by Gasteiger charge is 2.23. The van der Waals surface area contributed by atoms with Gasteiger partial charge < -0.3 is 10.1 Å². The number of carbonyl (C=O) groups is 2. The molecule has 1 amide bonds. The molecule has 0 bridgehead atoms. The quantitative estimate of drug-likeness (QED) is 0.337. The Morgan fingerprint density at radius 3 is 2.37 bits per heavy atom. The summed E-state index contributed by atoms with van der Waals surface area (Å²) in [5.74, 6) is -0.259. The summed E-state index contributed by atoms with van der Waals surface area (Å²) >= 11 is 7.10. The van der Waals surface area contributed by atoms with Gasteiger partial charge in [-0.15, -0.1) is 0 Å². The van der Waals surface area contributed by atoms with Crippen molar-refractivity contribution in [1.82, 2.24) is 5.32 Å². The van der Waals surface area contributed by atoms with E-state index in [0.29, 0.717) is 26.4 Å². The van der Waals surface area contributed by atoms with E-state index in [1.807, 2.05) is 30.3 Å². The van der Waals surface area contributed by atoms with Crippen molar-refractivity contribution in [3.8, 4) is 5.75 Å². The van der Waals surface area contributed by atoms with Gasteiger partial charge in [-0.05, 0) is 71.9 Å². The number of carbonyl (C=O) groups excluding carboxylic acids is 2. The van der Waals surface area contributed by atoms with Gasteiger partial charge in [0, 0.05) is 5.02 Å². The summed E-state index contributed by atoms with van der Waals surface area (Å²) in [6.45, 7) is 0. The third kappa shape index (κ3) is 4.97. The average molecular weight is 435 g/mol. The summed E-state index contributed by atoms with van der Waals surface area (Å²) in [6.07, 6.45) is 1.76. The second-order valence-corrected chi connectivity index (χ2v) is 7.75. The lowest BCUT2D eigenvalue weighted by atomic mass is 10.2.